The number of rotatable bonds is 7. The molecule has 2 rings (SSSR count). The Bertz CT molecular complexity index is 701. The summed E-state index contributed by atoms with van der Waals surface area (Å²) in [6.45, 7) is 6.46. The van der Waals surface area contributed by atoms with E-state index in [1.165, 1.54) is 0 Å². The minimum Gasteiger partial charge on any atom is -0.366 e. The normalized spacial score (nSPS) is 10.5. The fraction of sp³-hybridized carbons (Fsp3) is 0.389. The van der Waals surface area contributed by atoms with Crippen molar-refractivity contribution in [2.75, 3.05) is 10.6 Å². The summed E-state index contributed by atoms with van der Waals surface area (Å²) < 4.78 is 0. The third-order valence-corrected chi connectivity index (χ3v) is 3.91. The summed E-state index contributed by atoms with van der Waals surface area (Å²) in [6, 6.07) is 7.78. The number of benzene rings is 1. The zero-order valence-corrected chi connectivity index (χ0v) is 15.1. The molecule has 1 aromatic heterocycles. The van der Waals surface area contributed by atoms with Crippen molar-refractivity contribution in [3.05, 3.63) is 46.4 Å². The predicted octanol–water partition coefficient (Wildman–Crippen LogP) is 4.35. The highest BCUT2D eigenvalue weighted by Gasteiger charge is 2.09. The summed E-state index contributed by atoms with van der Waals surface area (Å²) in [5.74, 6) is 1.46. The number of aromatic nitrogens is 2. The summed E-state index contributed by atoms with van der Waals surface area (Å²) in [6.07, 6.45) is 2.15. The molecule has 0 saturated heterocycles. The smallest absolute Gasteiger partial charge is 0.224 e. The van der Waals surface area contributed by atoms with E-state index in [9.17, 15) is 4.79 Å². The number of nitrogens with one attached hydrogen (secondary N) is 2. The molecule has 0 aliphatic heterocycles. The molecule has 0 radical (unpaired) electrons. The number of hydrogen-bond donors (Lipinski definition) is 2. The van der Waals surface area contributed by atoms with Gasteiger partial charge in [0, 0.05) is 24.2 Å². The molecule has 2 aromatic rings. The first-order chi connectivity index (χ1) is 11.5. The van der Waals surface area contributed by atoms with Crippen LogP contribution in [0, 0.1) is 6.92 Å². The maximum atomic E-state index is 11.6. The molecule has 0 fully saturated rings. The Morgan fingerprint density at radius 1 is 1.17 bits per heavy atom. The molecule has 0 unspecified atom stereocenters. The Balaban J connectivity index is 2.01. The van der Waals surface area contributed by atoms with E-state index in [4.69, 9.17) is 11.6 Å². The van der Waals surface area contributed by atoms with E-state index >= 15 is 0 Å². The van der Waals surface area contributed by atoms with Gasteiger partial charge >= 0.3 is 0 Å². The van der Waals surface area contributed by atoms with Crippen LogP contribution in [0.3, 0.4) is 0 Å². The summed E-state index contributed by atoms with van der Waals surface area (Å²) in [5, 5.41) is 6.70. The summed E-state index contributed by atoms with van der Waals surface area (Å²) >= 11 is 6.18. The quantitative estimate of drug-likeness (QED) is 0.731. The maximum Gasteiger partial charge on any atom is 0.224 e. The molecule has 6 heteroatoms. The van der Waals surface area contributed by atoms with Crippen LogP contribution in [0.5, 0.6) is 0 Å². The fourth-order valence-electron chi connectivity index (χ4n) is 2.36. The lowest BCUT2D eigenvalue weighted by Gasteiger charge is -2.12. The van der Waals surface area contributed by atoms with E-state index in [0.717, 1.165) is 35.5 Å². The molecular weight excluding hydrogens is 324 g/mol. The standard InChI is InChI=1S/C18H23ClN4O/c1-4-6-16(24)23-14-9-7-13(8-10-14)11-20-18-15(5-2)17(19)21-12(3)22-18/h7-10H,4-6,11H2,1-3H3,(H,23,24)(H,20,21,22). The summed E-state index contributed by atoms with van der Waals surface area (Å²) in [5.41, 5.74) is 2.83. The lowest BCUT2D eigenvalue weighted by Crippen LogP contribution is -2.10. The van der Waals surface area contributed by atoms with Crippen LogP contribution < -0.4 is 10.6 Å². The Morgan fingerprint density at radius 3 is 2.50 bits per heavy atom. The van der Waals surface area contributed by atoms with Gasteiger partial charge in [0.25, 0.3) is 0 Å². The summed E-state index contributed by atoms with van der Waals surface area (Å²) in [4.78, 5) is 20.2. The predicted molar refractivity (Wildman–Crippen MR) is 98.5 cm³/mol. The second-order valence-electron chi connectivity index (χ2n) is 5.59. The Kier molecular flexibility index (Phi) is 6.55. The van der Waals surface area contributed by atoms with Crippen molar-refractivity contribution in [2.24, 2.45) is 0 Å². The van der Waals surface area contributed by atoms with Gasteiger partial charge in [-0.15, -0.1) is 0 Å². The minimum absolute atomic E-state index is 0.0436. The number of aryl methyl sites for hydroxylation is 1. The molecule has 5 nitrogen and oxygen atoms in total. The minimum atomic E-state index is 0.0436. The Morgan fingerprint density at radius 2 is 1.88 bits per heavy atom. The molecule has 1 heterocycles. The van der Waals surface area contributed by atoms with Crippen LogP contribution in [0.25, 0.3) is 0 Å². The van der Waals surface area contributed by atoms with Crippen molar-refractivity contribution in [3.8, 4) is 0 Å². The first-order valence-corrected chi connectivity index (χ1v) is 8.57. The lowest BCUT2D eigenvalue weighted by molar-refractivity contribution is -0.116. The van der Waals surface area contributed by atoms with Crippen molar-refractivity contribution >= 4 is 29.0 Å². The highest BCUT2D eigenvalue weighted by atomic mass is 35.5. The Labute approximate surface area is 147 Å². The fourth-order valence-corrected chi connectivity index (χ4v) is 2.71. The van der Waals surface area contributed by atoms with Gasteiger partial charge in [-0.1, -0.05) is 37.6 Å². The number of carbonyl (C=O) groups is 1. The highest BCUT2D eigenvalue weighted by Crippen LogP contribution is 2.22. The average Bonchev–Trinajstić information content (AvgIpc) is 2.54. The molecule has 24 heavy (non-hydrogen) atoms. The molecule has 0 spiro atoms. The lowest BCUT2D eigenvalue weighted by atomic mass is 10.2. The van der Waals surface area contributed by atoms with E-state index in [1.54, 1.807) is 0 Å². The number of anilines is 2. The van der Waals surface area contributed by atoms with Gasteiger partial charge in [0.15, 0.2) is 0 Å². The number of halogens is 1. The van der Waals surface area contributed by atoms with E-state index < -0.39 is 0 Å². The molecule has 0 saturated carbocycles. The molecule has 1 amide bonds. The van der Waals surface area contributed by atoms with Crippen LogP contribution in [0.2, 0.25) is 5.15 Å². The zero-order chi connectivity index (χ0) is 17.5. The summed E-state index contributed by atoms with van der Waals surface area (Å²) in [7, 11) is 0. The Hall–Kier alpha value is -2.14. The van der Waals surface area contributed by atoms with Gasteiger partial charge in [0.05, 0.1) is 0 Å². The first kappa shape index (κ1) is 18.2. The van der Waals surface area contributed by atoms with Crippen LogP contribution in [-0.2, 0) is 17.8 Å². The van der Waals surface area contributed by atoms with Gasteiger partial charge < -0.3 is 10.6 Å². The molecule has 0 aliphatic rings. The largest absolute Gasteiger partial charge is 0.366 e. The van der Waals surface area contributed by atoms with Gasteiger partial charge in [0.2, 0.25) is 5.91 Å². The van der Waals surface area contributed by atoms with Crippen LogP contribution in [-0.4, -0.2) is 15.9 Å². The van der Waals surface area contributed by atoms with Gasteiger partial charge in [0.1, 0.15) is 16.8 Å². The number of amides is 1. The molecule has 2 N–H and O–H groups in total. The van der Waals surface area contributed by atoms with Gasteiger partial charge in [-0.3, -0.25) is 4.79 Å². The topological polar surface area (TPSA) is 66.9 Å². The van der Waals surface area contributed by atoms with Crippen molar-refractivity contribution < 1.29 is 4.79 Å². The van der Waals surface area contributed by atoms with E-state index in [1.807, 2.05) is 45.0 Å². The molecule has 1 aromatic carbocycles. The SMILES string of the molecule is CCCC(=O)Nc1ccc(CNc2nc(C)nc(Cl)c2CC)cc1. The van der Waals surface area contributed by atoms with Gasteiger partial charge in [-0.25, -0.2) is 9.97 Å². The van der Waals surface area contributed by atoms with Crippen LogP contribution in [0.1, 0.15) is 43.6 Å². The molecule has 0 bridgehead atoms. The average molecular weight is 347 g/mol. The monoisotopic (exact) mass is 346 g/mol. The third kappa shape index (κ3) is 4.93. The molecular formula is C18H23ClN4O. The van der Waals surface area contributed by atoms with Crippen molar-refractivity contribution in [2.45, 2.75) is 46.6 Å². The second kappa shape index (κ2) is 8.64. The first-order valence-electron chi connectivity index (χ1n) is 8.19. The number of nitrogens with zero attached hydrogens (tertiary/aromatic N) is 2. The van der Waals surface area contributed by atoms with Crippen molar-refractivity contribution in [3.63, 3.8) is 0 Å². The van der Waals surface area contributed by atoms with Gasteiger partial charge in [-0.05, 0) is 37.5 Å². The van der Waals surface area contributed by atoms with Crippen molar-refractivity contribution in [1.82, 2.24) is 9.97 Å². The highest BCUT2D eigenvalue weighted by molar-refractivity contribution is 6.30. The van der Waals surface area contributed by atoms with Crippen LogP contribution in [0.4, 0.5) is 11.5 Å². The van der Waals surface area contributed by atoms with E-state index in [0.29, 0.717) is 23.9 Å². The maximum absolute atomic E-state index is 11.6. The van der Waals surface area contributed by atoms with E-state index in [-0.39, 0.29) is 5.91 Å². The van der Waals surface area contributed by atoms with Crippen LogP contribution >= 0.6 is 11.6 Å². The van der Waals surface area contributed by atoms with Crippen molar-refractivity contribution in [1.29, 1.82) is 0 Å². The number of carbonyl (C=O) groups excluding carboxylic acids is 1. The second-order valence-corrected chi connectivity index (χ2v) is 5.95. The van der Waals surface area contributed by atoms with Gasteiger partial charge in [-0.2, -0.15) is 0 Å². The van der Waals surface area contributed by atoms with Crippen LogP contribution in [0.15, 0.2) is 24.3 Å². The number of hydrogen-bond acceptors (Lipinski definition) is 4. The molecule has 0 atom stereocenters. The zero-order valence-electron chi connectivity index (χ0n) is 14.3. The molecule has 0 aliphatic carbocycles. The van der Waals surface area contributed by atoms with E-state index in [2.05, 4.69) is 20.6 Å². The molecule has 128 valence electrons. The third-order valence-electron chi connectivity index (χ3n) is 3.60.